The van der Waals surface area contributed by atoms with Gasteiger partial charge in [-0.3, -0.25) is 4.79 Å². The summed E-state index contributed by atoms with van der Waals surface area (Å²) in [6.45, 7) is 4.56. The number of hydrogen-bond donors (Lipinski definition) is 1. The molecule has 1 N–H and O–H groups in total. The number of aliphatic hydroxyl groups excluding tert-OH is 1. The number of nitrogens with zero attached hydrogens (tertiary/aromatic N) is 1. The second kappa shape index (κ2) is 3.64. The van der Waals surface area contributed by atoms with E-state index in [1.807, 2.05) is 11.9 Å². The van der Waals surface area contributed by atoms with Gasteiger partial charge in [0, 0.05) is 26.4 Å². The summed E-state index contributed by atoms with van der Waals surface area (Å²) in [6, 6.07) is 0. The van der Waals surface area contributed by atoms with E-state index >= 15 is 0 Å². The third-order valence-corrected chi connectivity index (χ3v) is 2.56. The first-order chi connectivity index (χ1) is 5.94. The Bertz CT molecular complexity index is 207. The molecule has 1 aliphatic heterocycles. The van der Waals surface area contributed by atoms with E-state index in [1.54, 1.807) is 6.92 Å². The van der Waals surface area contributed by atoms with E-state index in [0.717, 1.165) is 6.54 Å². The molecule has 1 aliphatic rings. The number of ether oxygens (including phenoxy) is 1. The highest BCUT2D eigenvalue weighted by atomic mass is 16.6. The Hall–Kier alpha value is -0.610. The standard InChI is InChI=1S/C9H17NO3/c1-7(11)13-9(2)4-5-10(3)6-8(9)12/h8,12H,4-6H2,1-3H3. The fraction of sp³-hybridized carbons (Fsp3) is 0.889. The van der Waals surface area contributed by atoms with Crippen LogP contribution in [0.25, 0.3) is 0 Å². The van der Waals surface area contributed by atoms with E-state index in [1.165, 1.54) is 6.92 Å². The summed E-state index contributed by atoms with van der Waals surface area (Å²) < 4.78 is 5.12. The summed E-state index contributed by atoms with van der Waals surface area (Å²) >= 11 is 0. The first kappa shape index (κ1) is 10.5. The molecule has 1 heterocycles. The lowest BCUT2D eigenvalue weighted by atomic mass is 9.90. The van der Waals surface area contributed by atoms with E-state index in [4.69, 9.17) is 4.74 Å². The van der Waals surface area contributed by atoms with Gasteiger partial charge < -0.3 is 14.7 Å². The van der Waals surface area contributed by atoms with Crippen molar-refractivity contribution in [2.75, 3.05) is 20.1 Å². The van der Waals surface area contributed by atoms with Gasteiger partial charge in [-0.05, 0) is 14.0 Å². The number of carbonyl (C=O) groups is 1. The van der Waals surface area contributed by atoms with Crippen molar-refractivity contribution in [1.29, 1.82) is 0 Å². The van der Waals surface area contributed by atoms with Crippen LogP contribution >= 0.6 is 0 Å². The number of β-amino-alcohol motifs (C(OH)–C–C–N with tert-alkyl or cyclic N) is 1. The van der Waals surface area contributed by atoms with Gasteiger partial charge in [0.2, 0.25) is 0 Å². The molecule has 1 saturated heterocycles. The lowest BCUT2D eigenvalue weighted by molar-refractivity contribution is -0.176. The number of carbonyl (C=O) groups excluding carboxylic acids is 1. The van der Waals surface area contributed by atoms with E-state index < -0.39 is 11.7 Å². The molecule has 0 bridgehead atoms. The third kappa shape index (κ3) is 2.42. The summed E-state index contributed by atoms with van der Waals surface area (Å²) in [5.41, 5.74) is -0.696. The van der Waals surface area contributed by atoms with Crippen molar-refractivity contribution >= 4 is 5.97 Å². The Morgan fingerprint density at radius 1 is 1.69 bits per heavy atom. The summed E-state index contributed by atoms with van der Waals surface area (Å²) in [6.07, 6.45) is 0.0969. The molecule has 2 unspecified atom stereocenters. The molecule has 0 spiro atoms. The summed E-state index contributed by atoms with van der Waals surface area (Å²) in [5.74, 6) is -0.328. The maximum Gasteiger partial charge on any atom is 0.303 e. The summed E-state index contributed by atoms with van der Waals surface area (Å²) in [7, 11) is 1.94. The van der Waals surface area contributed by atoms with Crippen LogP contribution in [-0.4, -0.2) is 47.8 Å². The van der Waals surface area contributed by atoms with E-state index in [9.17, 15) is 9.90 Å². The van der Waals surface area contributed by atoms with Crippen LogP contribution in [-0.2, 0) is 9.53 Å². The number of likely N-dealkylation sites (tertiary alicyclic amines) is 1. The molecule has 0 aromatic heterocycles. The van der Waals surface area contributed by atoms with E-state index in [-0.39, 0.29) is 5.97 Å². The molecule has 4 heteroatoms. The molecule has 0 aromatic carbocycles. The zero-order valence-electron chi connectivity index (χ0n) is 8.41. The summed E-state index contributed by atoms with van der Waals surface area (Å²) in [4.78, 5) is 12.8. The van der Waals surface area contributed by atoms with Crippen LogP contribution in [0.2, 0.25) is 0 Å². The Morgan fingerprint density at radius 3 is 2.77 bits per heavy atom. The average Bonchev–Trinajstić information content (AvgIpc) is 1.97. The summed E-state index contributed by atoms with van der Waals surface area (Å²) in [5, 5.41) is 9.73. The van der Waals surface area contributed by atoms with Gasteiger partial charge in [0.15, 0.2) is 0 Å². The highest BCUT2D eigenvalue weighted by Gasteiger charge is 2.40. The number of hydrogen-bond acceptors (Lipinski definition) is 4. The molecule has 76 valence electrons. The van der Waals surface area contributed by atoms with E-state index in [0.29, 0.717) is 13.0 Å². The molecule has 0 radical (unpaired) electrons. The fourth-order valence-electron chi connectivity index (χ4n) is 1.61. The molecule has 1 fully saturated rings. The van der Waals surface area contributed by atoms with Gasteiger partial charge in [-0.2, -0.15) is 0 Å². The molecule has 0 amide bonds. The number of aliphatic hydroxyl groups is 1. The highest BCUT2D eigenvalue weighted by molar-refractivity contribution is 5.66. The molecule has 13 heavy (non-hydrogen) atoms. The molecular formula is C9H17NO3. The van der Waals surface area contributed by atoms with Crippen LogP contribution in [0.1, 0.15) is 20.3 Å². The molecule has 1 rings (SSSR count). The van der Waals surface area contributed by atoms with Gasteiger partial charge >= 0.3 is 5.97 Å². The molecule has 0 aromatic rings. The predicted octanol–water partition coefficient (Wildman–Crippen LogP) is 0.00460. The Morgan fingerprint density at radius 2 is 2.31 bits per heavy atom. The lowest BCUT2D eigenvalue weighted by Gasteiger charge is -2.41. The number of esters is 1. The average molecular weight is 187 g/mol. The zero-order valence-corrected chi connectivity index (χ0v) is 8.41. The van der Waals surface area contributed by atoms with Crippen LogP contribution in [0.4, 0.5) is 0 Å². The maximum atomic E-state index is 10.8. The molecule has 0 saturated carbocycles. The first-order valence-electron chi connectivity index (χ1n) is 4.50. The molecule has 4 nitrogen and oxygen atoms in total. The quantitative estimate of drug-likeness (QED) is 0.587. The van der Waals surface area contributed by atoms with Gasteiger partial charge in [-0.25, -0.2) is 0 Å². The lowest BCUT2D eigenvalue weighted by Crippen LogP contribution is -2.54. The van der Waals surface area contributed by atoms with Crippen LogP contribution in [0.5, 0.6) is 0 Å². The monoisotopic (exact) mass is 187 g/mol. The highest BCUT2D eigenvalue weighted by Crippen LogP contribution is 2.25. The minimum absolute atomic E-state index is 0.328. The van der Waals surface area contributed by atoms with Crippen LogP contribution < -0.4 is 0 Å². The van der Waals surface area contributed by atoms with Crippen molar-refractivity contribution in [3.8, 4) is 0 Å². The van der Waals surface area contributed by atoms with Gasteiger partial charge in [-0.1, -0.05) is 0 Å². The normalized spacial score (nSPS) is 35.8. The predicted molar refractivity (Wildman–Crippen MR) is 48.3 cm³/mol. The second-order valence-corrected chi connectivity index (χ2v) is 3.93. The third-order valence-electron chi connectivity index (χ3n) is 2.56. The Labute approximate surface area is 78.5 Å². The van der Waals surface area contributed by atoms with Crippen molar-refractivity contribution in [1.82, 2.24) is 4.90 Å². The second-order valence-electron chi connectivity index (χ2n) is 3.93. The fourth-order valence-corrected chi connectivity index (χ4v) is 1.61. The SMILES string of the molecule is CC(=O)OC1(C)CCN(C)CC1O. The first-order valence-corrected chi connectivity index (χ1v) is 4.50. The molecular weight excluding hydrogens is 170 g/mol. The topological polar surface area (TPSA) is 49.8 Å². The maximum absolute atomic E-state index is 10.8. The van der Waals surface area contributed by atoms with Crippen molar-refractivity contribution in [2.24, 2.45) is 0 Å². The van der Waals surface area contributed by atoms with Crippen molar-refractivity contribution in [3.63, 3.8) is 0 Å². The Balaban J connectivity index is 2.61. The van der Waals surface area contributed by atoms with Gasteiger partial charge in [0.05, 0.1) is 0 Å². The smallest absolute Gasteiger partial charge is 0.303 e. The Kier molecular flexibility index (Phi) is 2.93. The number of piperidine rings is 1. The van der Waals surface area contributed by atoms with Crippen molar-refractivity contribution < 1.29 is 14.6 Å². The van der Waals surface area contributed by atoms with Crippen LogP contribution in [0.3, 0.4) is 0 Å². The number of rotatable bonds is 1. The molecule has 0 aliphatic carbocycles. The minimum atomic E-state index is -0.696. The van der Waals surface area contributed by atoms with Gasteiger partial charge in [-0.15, -0.1) is 0 Å². The van der Waals surface area contributed by atoms with Crippen molar-refractivity contribution in [3.05, 3.63) is 0 Å². The minimum Gasteiger partial charge on any atom is -0.457 e. The van der Waals surface area contributed by atoms with Crippen molar-refractivity contribution in [2.45, 2.75) is 32.0 Å². The molecule has 2 atom stereocenters. The van der Waals surface area contributed by atoms with Gasteiger partial charge in [0.1, 0.15) is 11.7 Å². The largest absolute Gasteiger partial charge is 0.457 e. The van der Waals surface area contributed by atoms with E-state index in [2.05, 4.69) is 0 Å². The van der Waals surface area contributed by atoms with Gasteiger partial charge in [0.25, 0.3) is 0 Å². The van der Waals surface area contributed by atoms with Crippen LogP contribution in [0.15, 0.2) is 0 Å². The number of likely N-dealkylation sites (N-methyl/N-ethyl adjacent to an activating group) is 1. The zero-order chi connectivity index (χ0) is 10.1. The van der Waals surface area contributed by atoms with Crippen LogP contribution in [0, 0.1) is 0 Å².